The van der Waals surface area contributed by atoms with Gasteiger partial charge in [-0.1, -0.05) is 0 Å². The molecule has 4 N–H and O–H groups in total. The van der Waals surface area contributed by atoms with E-state index in [9.17, 15) is 9.90 Å². The fourth-order valence-electron chi connectivity index (χ4n) is 2.31. The van der Waals surface area contributed by atoms with Crippen molar-refractivity contribution in [1.82, 2.24) is 5.32 Å². The molecule has 2 atom stereocenters. The quantitative estimate of drug-likeness (QED) is 0.557. The Kier molecular flexibility index (Phi) is 3.72. The zero-order chi connectivity index (χ0) is 13.1. The second-order valence-electron chi connectivity index (χ2n) is 4.56. The number of benzene rings is 1. The van der Waals surface area contributed by atoms with E-state index in [4.69, 9.17) is 10.5 Å². The minimum absolute atomic E-state index is 0.0437. The van der Waals surface area contributed by atoms with Crippen LogP contribution >= 0.6 is 0 Å². The molecule has 5 nitrogen and oxygen atoms in total. The highest BCUT2D eigenvalue weighted by atomic mass is 16.5. The summed E-state index contributed by atoms with van der Waals surface area (Å²) in [4.78, 5) is 12.0. The van der Waals surface area contributed by atoms with Crippen molar-refractivity contribution in [2.45, 2.75) is 31.4 Å². The van der Waals surface area contributed by atoms with E-state index in [1.807, 2.05) is 0 Å². The standard InChI is InChI=1S/C13H18N2O3/c1-18-12-4-2-3-10(12)15-13(17)8-5-6-9(14)11(16)7-8/h5-7,10,12,16H,2-4,14H2,1H3,(H,15,17). The molecule has 1 amide bonds. The van der Waals surface area contributed by atoms with Gasteiger partial charge in [0.15, 0.2) is 0 Å². The van der Waals surface area contributed by atoms with Crippen molar-refractivity contribution in [2.75, 3.05) is 12.8 Å². The molecule has 1 saturated carbocycles. The molecule has 0 aromatic heterocycles. The van der Waals surface area contributed by atoms with Gasteiger partial charge in [-0.05, 0) is 37.5 Å². The lowest BCUT2D eigenvalue weighted by molar-refractivity contribution is 0.0722. The van der Waals surface area contributed by atoms with Crippen LogP contribution in [0.1, 0.15) is 29.6 Å². The monoisotopic (exact) mass is 250 g/mol. The van der Waals surface area contributed by atoms with Gasteiger partial charge in [-0.2, -0.15) is 0 Å². The van der Waals surface area contributed by atoms with Gasteiger partial charge in [-0.3, -0.25) is 4.79 Å². The molecule has 5 heteroatoms. The highest BCUT2D eigenvalue weighted by Crippen LogP contribution is 2.23. The van der Waals surface area contributed by atoms with Crippen molar-refractivity contribution in [2.24, 2.45) is 0 Å². The van der Waals surface area contributed by atoms with Crippen LogP contribution in [0.5, 0.6) is 5.75 Å². The molecule has 2 unspecified atom stereocenters. The van der Waals surface area contributed by atoms with Crippen LogP contribution in [0.15, 0.2) is 18.2 Å². The predicted octanol–water partition coefficient (Wildman–Crippen LogP) is 1.27. The fourth-order valence-corrected chi connectivity index (χ4v) is 2.31. The zero-order valence-corrected chi connectivity index (χ0v) is 10.3. The number of methoxy groups -OCH3 is 1. The molecule has 1 aromatic rings. The van der Waals surface area contributed by atoms with Crippen molar-refractivity contribution in [3.8, 4) is 5.75 Å². The number of anilines is 1. The van der Waals surface area contributed by atoms with E-state index in [0.29, 0.717) is 5.56 Å². The number of nitrogen functional groups attached to an aromatic ring is 1. The summed E-state index contributed by atoms with van der Waals surface area (Å²) in [5.74, 6) is -0.281. The van der Waals surface area contributed by atoms with Crippen LogP contribution in [-0.2, 0) is 4.74 Å². The van der Waals surface area contributed by atoms with Crippen LogP contribution < -0.4 is 11.1 Å². The minimum Gasteiger partial charge on any atom is -0.506 e. The van der Waals surface area contributed by atoms with Crippen LogP contribution in [0, 0.1) is 0 Å². The van der Waals surface area contributed by atoms with Crippen molar-refractivity contribution in [3.05, 3.63) is 23.8 Å². The number of hydrogen-bond donors (Lipinski definition) is 3. The Balaban J connectivity index is 2.05. The second-order valence-corrected chi connectivity index (χ2v) is 4.56. The first-order valence-corrected chi connectivity index (χ1v) is 6.04. The molecular weight excluding hydrogens is 232 g/mol. The average molecular weight is 250 g/mol. The third-order valence-corrected chi connectivity index (χ3v) is 3.36. The lowest BCUT2D eigenvalue weighted by Gasteiger charge is -2.19. The summed E-state index contributed by atoms with van der Waals surface area (Å²) in [6, 6.07) is 4.54. The summed E-state index contributed by atoms with van der Waals surface area (Å²) in [6.07, 6.45) is 3.02. The zero-order valence-electron chi connectivity index (χ0n) is 10.3. The van der Waals surface area contributed by atoms with E-state index >= 15 is 0 Å². The molecule has 1 aliphatic rings. The number of nitrogens with two attached hydrogens (primary N) is 1. The number of nitrogens with one attached hydrogen (secondary N) is 1. The number of rotatable bonds is 3. The molecule has 1 fully saturated rings. The maximum atomic E-state index is 12.0. The van der Waals surface area contributed by atoms with Crippen LogP contribution in [-0.4, -0.2) is 30.3 Å². The van der Waals surface area contributed by atoms with Crippen molar-refractivity contribution >= 4 is 11.6 Å². The molecule has 0 aliphatic heterocycles. The van der Waals surface area contributed by atoms with Crippen LogP contribution in [0.25, 0.3) is 0 Å². The number of ether oxygens (including phenoxy) is 1. The first kappa shape index (κ1) is 12.7. The van der Waals surface area contributed by atoms with Gasteiger partial charge in [-0.25, -0.2) is 0 Å². The van der Waals surface area contributed by atoms with Gasteiger partial charge >= 0.3 is 0 Å². The Morgan fingerprint density at radius 3 is 2.94 bits per heavy atom. The lowest BCUT2D eigenvalue weighted by Crippen LogP contribution is -2.40. The number of hydrogen-bond acceptors (Lipinski definition) is 4. The van der Waals surface area contributed by atoms with Gasteiger partial charge in [0.25, 0.3) is 5.91 Å². The second kappa shape index (κ2) is 5.27. The van der Waals surface area contributed by atoms with Gasteiger partial charge in [0.1, 0.15) is 5.75 Å². The topological polar surface area (TPSA) is 84.6 Å². The summed E-state index contributed by atoms with van der Waals surface area (Å²) in [7, 11) is 1.66. The smallest absolute Gasteiger partial charge is 0.251 e. The molecule has 0 bridgehead atoms. The van der Waals surface area contributed by atoms with Gasteiger partial charge in [-0.15, -0.1) is 0 Å². The number of phenolic OH excluding ortho intramolecular Hbond substituents is 1. The molecule has 98 valence electrons. The lowest BCUT2D eigenvalue weighted by atomic mass is 10.1. The molecule has 0 heterocycles. The average Bonchev–Trinajstić information content (AvgIpc) is 2.79. The molecule has 1 aromatic carbocycles. The Hall–Kier alpha value is -1.75. The molecule has 1 aliphatic carbocycles. The Labute approximate surface area is 106 Å². The summed E-state index contributed by atoms with van der Waals surface area (Å²) in [5.41, 5.74) is 6.17. The summed E-state index contributed by atoms with van der Waals surface area (Å²) >= 11 is 0. The molecule has 18 heavy (non-hydrogen) atoms. The van der Waals surface area contributed by atoms with Crippen LogP contribution in [0.4, 0.5) is 5.69 Å². The fraction of sp³-hybridized carbons (Fsp3) is 0.462. The van der Waals surface area contributed by atoms with E-state index in [1.54, 1.807) is 13.2 Å². The van der Waals surface area contributed by atoms with Crippen molar-refractivity contribution in [3.63, 3.8) is 0 Å². The summed E-state index contributed by atoms with van der Waals surface area (Å²) < 4.78 is 5.32. The van der Waals surface area contributed by atoms with E-state index in [2.05, 4.69) is 5.32 Å². The van der Waals surface area contributed by atoms with Gasteiger partial charge in [0, 0.05) is 12.7 Å². The van der Waals surface area contributed by atoms with E-state index in [0.717, 1.165) is 19.3 Å². The van der Waals surface area contributed by atoms with E-state index in [1.165, 1.54) is 12.1 Å². The minimum atomic E-state index is -0.209. The molecule has 0 saturated heterocycles. The molecule has 0 radical (unpaired) electrons. The predicted molar refractivity (Wildman–Crippen MR) is 68.4 cm³/mol. The van der Waals surface area contributed by atoms with Crippen molar-refractivity contribution in [1.29, 1.82) is 0 Å². The number of amides is 1. The highest BCUT2D eigenvalue weighted by Gasteiger charge is 2.28. The first-order valence-electron chi connectivity index (χ1n) is 6.04. The Morgan fingerprint density at radius 2 is 2.28 bits per heavy atom. The first-order chi connectivity index (χ1) is 8.61. The third-order valence-electron chi connectivity index (χ3n) is 3.36. The Bertz CT molecular complexity index is 448. The maximum absolute atomic E-state index is 12.0. The van der Waals surface area contributed by atoms with Crippen LogP contribution in [0.3, 0.4) is 0 Å². The normalized spacial score (nSPS) is 22.9. The largest absolute Gasteiger partial charge is 0.506 e. The van der Waals surface area contributed by atoms with E-state index in [-0.39, 0.29) is 29.5 Å². The number of phenols is 1. The van der Waals surface area contributed by atoms with E-state index < -0.39 is 0 Å². The third kappa shape index (κ3) is 2.56. The highest BCUT2D eigenvalue weighted by molar-refractivity contribution is 5.95. The summed E-state index contributed by atoms with van der Waals surface area (Å²) in [6.45, 7) is 0. The Morgan fingerprint density at radius 1 is 1.50 bits per heavy atom. The van der Waals surface area contributed by atoms with Crippen LogP contribution in [0.2, 0.25) is 0 Å². The van der Waals surface area contributed by atoms with Gasteiger partial charge in [0.05, 0.1) is 17.8 Å². The number of aromatic hydroxyl groups is 1. The SMILES string of the molecule is COC1CCCC1NC(=O)c1ccc(N)c(O)c1. The molecular formula is C13H18N2O3. The maximum Gasteiger partial charge on any atom is 0.251 e. The van der Waals surface area contributed by atoms with Crippen molar-refractivity contribution < 1.29 is 14.6 Å². The molecule has 2 rings (SSSR count). The summed E-state index contributed by atoms with van der Waals surface area (Å²) in [5, 5.41) is 12.4. The van der Waals surface area contributed by atoms with Gasteiger partial charge in [0.2, 0.25) is 0 Å². The van der Waals surface area contributed by atoms with Gasteiger partial charge < -0.3 is 20.9 Å². The molecule has 0 spiro atoms. The number of carbonyl (C=O) groups is 1. The number of carbonyl (C=O) groups excluding carboxylic acids is 1.